The highest BCUT2D eigenvalue weighted by Crippen LogP contribution is 2.29. The van der Waals surface area contributed by atoms with Gasteiger partial charge in [-0.2, -0.15) is 0 Å². The summed E-state index contributed by atoms with van der Waals surface area (Å²) in [5.41, 5.74) is 13.0. The first-order valence-electron chi connectivity index (χ1n) is 4.34. The molecular weight excluding hydrogens is 200 g/mol. The second-order valence-electron chi connectivity index (χ2n) is 3.76. The van der Waals surface area contributed by atoms with Crippen LogP contribution in [0.15, 0.2) is 12.1 Å². The Morgan fingerprint density at radius 3 is 2.57 bits per heavy atom. The topological polar surface area (TPSA) is 72.3 Å². The van der Waals surface area contributed by atoms with Gasteiger partial charge in [0, 0.05) is 10.7 Å². The zero-order valence-electron chi connectivity index (χ0n) is 8.34. The molecule has 1 rings (SSSR count). The largest absolute Gasteiger partial charge is 0.398 e. The van der Waals surface area contributed by atoms with Crippen molar-refractivity contribution >= 4 is 17.3 Å². The van der Waals surface area contributed by atoms with Crippen molar-refractivity contribution in [2.75, 3.05) is 12.3 Å². The van der Waals surface area contributed by atoms with E-state index in [0.29, 0.717) is 16.3 Å². The van der Waals surface area contributed by atoms with Gasteiger partial charge in [0.15, 0.2) is 0 Å². The summed E-state index contributed by atoms with van der Waals surface area (Å²) in [5, 5.41) is 9.61. The van der Waals surface area contributed by atoms with Crippen molar-refractivity contribution in [1.82, 2.24) is 0 Å². The average molecular weight is 215 g/mol. The van der Waals surface area contributed by atoms with Crippen LogP contribution in [0, 0.1) is 6.92 Å². The van der Waals surface area contributed by atoms with Crippen LogP contribution in [0.4, 0.5) is 5.69 Å². The molecule has 1 aromatic rings. The molecule has 0 aliphatic heterocycles. The van der Waals surface area contributed by atoms with Crippen LogP contribution in [0.25, 0.3) is 0 Å². The Morgan fingerprint density at radius 2 is 2.07 bits per heavy atom. The minimum Gasteiger partial charge on any atom is -0.398 e. The van der Waals surface area contributed by atoms with Crippen molar-refractivity contribution < 1.29 is 5.11 Å². The molecule has 5 N–H and O–H groups in total. The summed E-state index contributed by atoms with van der Waals surface area (Å²) in [6, 6.07) is 3.47. The van der Waals surface area contributed by atoms with Gasteiger partial charge in [-0.3, -0.25) is 0 Å². The van der Waals surface area contributed by atoms with Crippen molar-refractivity contribution in [1.29, 1.82) is 0 Å². The summed E-state index contributed by atoms with van der Waals surface area (Å²) in [6.45, 7) is 3.45. The van der Waals surface area contributed by atoms with Crippen molar-refractivity contribution in [3.8, 4) is 0 Å². The maximum absolute atomic E-state index is 9.12. The van der Waals surface area contributed by atoms with Crippen LogP contribution < -0.4 is 11.5 Å². The lowest BCUT2D eigenvalue weighted by atomic mass is 9.92. The predicted octanol–water partition coefficient (Wildman–Crippen LogP) is 1.40. The Balaban J connectivity index is 3.29. The van der Waals surface area contributed by atoms with Crippen LogP contribution in [0.3, 0.4) is 0 Å². The molecule has 0 fully saturated rings. The van der Waals surface area contributed by atoms with Crippen LogP contribution in [0.2, 0.25) is 5.02 Å². The molecule has 0 saturated heterocycles. The van der Waals surface area contributed by atoms with E-state index >= 15 is 0 Å². The highest BCUT2D eigenvalue weighted by molar-refractivity contribution is 6.31. The average Bonchev–Trinajstić information content (AvgIpc) is 2.11. The molecule has 0 radical (unpaired) electrons. The summed E-state index contributed by atoms with van der Waals surface area (Å²) in [5.74, 6) is 0. The van der Waals surface area contributed by atoms with Gasteiger partial charge < -0.3 is 16.6 Å². The smallest absolute Gasteiger partial charge is 0.0651 e. The molecule has 78 valence electrons. The van der Waals surface area contributed by atoms with E-state index in [1.54, 1.807) is 13.0 Å². The number of nitrogen functional groups attached to an aromatic ring is 1. The van der Waals surface area contributed by atoms with Crippen LogP contribution in [0.5, 0.6) is 0 Å². The van der Waals surface area contributed by atoms with Crippen LogP contribution in [-0.2, 0) is 5.54 Å². The minimum absolute atomic E-state index is 0.157. The van der Waals surface area contributed by atoms with E-state index in [2.05, 4.69) is 0 Å². The number of anilines is 1. The SMILES string of the molecule is Cc1cc([C@](C)(N)CO)c(Cl)cc1N. The molecule has 0 heterocycles. The first-order valence-corrected chi connectivity index (χ1v) is 4.72. The molecule has 1 atom stereocenters. The van der Waals surface area contributed by atoms with Gasteiger partial charge >= 0.3 is 0 Å². The van der Waals surface area contributed by atoms with Gasteiger partial charge in [-0.1, -0.05) is 17.7 Å². The van der Waals surface area contributed by atoms with Crippen LogP contribution >= 0.6 is 11.6 Å². The van der Waals surface area contributed by atoms with Crippen molar-refractivity contribution in [2.45, 2.75) is 19.4 Å². The standard InChI is InChI=1S/C10H15ClN2O/c1-6-3-7(10(2,13)5-14)8(11)4-9(6)12/h3-4,14H,5,12-13H2,1-2H3/t10-/m1/s1. The number of hydrogen-bond donors (Lipinski definition) is 3. The number of aryl methyl sites for hydroxylation is 1. The third kappa shape index (κ3) is 2.00. The third-order valence-corrected chi connectivity index (χ3v) is 2.61. The highest BCUT2D eigenvalue weighted by atomic mass is 35.5. The lowest BCUT2D eigenvalue weighted by Crippen LogP contribution is -2.37. The summed E-state index contributed by atoms with van der Waals surface area (Å²) in [4.78, 5) is 0. The molecular formula is C10H15ClN2O. The number of nitrogens with two attached hydrogens (primary N) is 2. The fraction of sp³-hybridized carbons (Fsp3) is 0.400. The molecule has 0 aliphatic rings. The quantitative estimate of drug-likeness (QED) is 0.652. The van der Waals surface area contributed by atoms with Crippen molar-refractivity contribution in [2.24, 2.45) is 5.73 Å². The summed E-state index contributed by atoms with van der Waals surface area (Å²) in [7, 11) is 0. The monoisotopic (exact) mass is 214 g/mol. The van der Waals surface area contributed by atoms with E-state index in [0.717, 1.165) is 5.56 Å². The van der Waals surface area contributed by atoms with Crippen molar-refractivity contribution in [3.63, 3.8) is 0 Å². The van der Waals surface area contributed by atoms with Crippen molar-refractivity contribution in [3.05, 3.63) is 28.3 Å². The molecule has 3 nitrogen and oxygen atoms in total. The van der Waals surface area contributed by atoms with Crippen LogP contribution in [-0.4, -0.2) is 11.7 Å². The van der Waals surface area contributed by atoms with Gasteiger partial charge in [-0.05, 0) is 31.0 Å². The number of aliphatic hydroxyl groups is 1. The van der Waals surface area contributed by atoms with E-state index in [9.17, 15) is 0 Å². The van der Waals surface area contributed by atoms with Gasteiger partial charge in [0.2, 0.25) is 0 Å². The summed E-state index contributed by atoms with van der Waals surface area (Å²) < 4.78 is 0. The van der Waals surface area contributed by atoms with Gasteiger partial charge in [-0.25, -0.2) is 0 Å². The van der Waals surface area contributed by atoms with E-state index in [1.165, 1.54) is 0 Å². The summed E-state index contributed by atoms with van der Waals surface area (Å²) >= 11 is 5.99. The number of aliphatic hydroxyl groups excluding tert-OH is 1. The number of benzene rings is 1. The fourth-order valence-corrected chi connectivity index (χ4v) is 1.61. The number of hydrogen-bond acceptors (Lipinski definition) is 3. The molecule has 0 aliphatic carbocycles. The Bertz CT molecular complexity index is 350. The molecule has 0 amide bonds. The number of rotatable bonds is 2. The molecule has 4 heteroatoms. The maximum Gasteiger partial charge on any atom is 0.0651 e. The molecule has 0 unspecified atom stereocenters. The maximum atomic E-state index is 9.12. The second-order valence-corrected chi connectivity index (χ2v) is 4.17. The Kier molecular flexibility index (Phi) is 3.04. The fourth-order valence-electron chi connectivity index (χ4n) is 1.22. The minimum atomic E-state index is -0.824. The van der Waals surface area contributed by atoms with Crippen LogP contribution in [0.1, 0.15) is 18.1 Å². The predicted molar refractivity (Wildman–Crippen MR) is 59.2 cm³/mol. The van der Waals surface area contributed by atoms with E-state index in [1.807, 2.05) is 13.0 Å². The van der Waals surface area contributed by atoms with Gasteiger partial charge in [-0.15, -0.1) is 0 Å². The summed E-state index contributed by atoms with van der Waals surface area (Å²) in [6.07, 6.45) is 0. The molecule has 0 spiro atoms. The van der Waals surface area contributed by atoms with E-state index in [4.69, 9.17) is 28.2 Å². The first-order chi connectivity index (χ1) is 6.38. The molecule has 1 aromatic carbocycles. The van der Waals surface area contributed by atoms with E-state index < -0.39 is 5.54 Å². The third-order valence-electron chi connectivity index (χ3n) is 2.30. The lowest BCUT2D eigenvalue weighted by Gasteiger charge is -2.24. The number of halogens is 1. The van der Waals surface area contributed by atoms with Gasteiger partial charge in [0.25, 0.3) is 0 Å². The normalized spacial score (nSPS) is 15.2. The molecule has 0 aromatic heterocycles. The molecule has 0 bridgehead atoms. The molecule has 14 heavy (non-hydrogen) atoms. The highest BCUT2D eigenvalue weighted by Gasteiger charge is 2.23. The van der Waals surface area contributed by atoms with Gasteiger partial charge in [0.05, 0.1) is 12.1 Å². The zero-order valence-corrected chi connectivity index (χ0v) is 9.10. The molecule has 0 saturated carbocycles. The van der Waals surface area contributed by atoms with E-state index in [-0.39, 0.29) is 6.61 Å². The Hall–Kier alpha value is -0.770. The lowest BCUT2D eigenvalue weighted by molar-refractivity contribution is 0.210. The second kappa shape index (κ2) is 3.77. The van der Waals surface area contributed by atoms with Gasteiger partial charge in [0.1, 0.15) is 0 Å². The first kappa shape index (κ1) is 11.3. The Labute approximate surface area is 88.7 Å². The zero-order chi connectivity index (χ0) is 10.9. The Morgan fingerprint density at radius 1 is 1.50 bits per heavy atom.